The number of likely N-dealkylation sites (N-methyl/N-ethyl adjacent to an activating group) is 1. The molecule has 40 heavy (non-hydrogen) atoms. The van der Waals surface area contributed by atoms with E-state index in [1.54, 1.807) is 28.4 Å². The molecule has 0 aliphatic carbocycles. The number of nitrogens with one attached hydrogen (secondary N) is 1. The van der Waals surface area contributed by atoms with E-state index in [2.05, 4.69) is 27.1 Å². The van der Waals surface area contributed by atoms with Crippen LogP contribution >= 0.6 is 0 Å². The number of hydrogen-bond donors (Lipinski definition) is 3. The van der Waals surface area contributed by atoms with Gasteiger partial charge in [0.1, 0.15) is 11.0 Å². The van der Waals surface area contributed by atoms with Crippen LogP contribution in [0, 0.1) is 0 Å². The molecule has 3 N–H and O–H groups in total. The number of aliphatic hydroxyl groups excluding tert-OH is 1. The molecule has 2 aliphatic heterocycles. The number of allylic oxidation sites excluding steroid dienone is 2. The summed E-state index contributed by atoms with van der Waals surface area (Å²) in [4.78, 5) is 31.9. The van der Waals surface area contributed by atoms with Crippen LogP contribution in [0.15, 0.2) is 59.5 Å². The average molecular weight is 543 g/mol. The van der Waals surface area contributed by atoms with Crippen molar-refractivity contribution in [2.45, 2.75) is 38.5 Å². The quantitative estimate of drug-likeness (QED) is 0.334. The molecule has 1 atom stereocenters. The molecule has 1 saturated heterocycles. The maximum absolute atomic E-state index is 13.4. The van der Waals surface area contributed by atoms with Crippen LogP contribution < -0.4 is 15.8 Å². The van der Waals surface area contributed by atoms with Gasteiger partial charge in [-0.2, -0.15) is 4.98 Å². The van der Waals surface area contributed by atoms with Gasteiger partial charge in [0.15, 0.2) is 11.5 Å². The second-order valence-corrected chi connectivity index (χ2v) is 10.7. The summed E-state index contributed by atoms with van der Waals surface area (Å²) in [5, 5.41) is 24.8. The van der Waals surface area contributed by atoms with Crippen LogP contribution in [0.1, 0.15) is 31.0 Å². The molecule has 1 aromatic carbocycles. The highest BCUT2D eigenvalue weighted by Crippen LogP contribution is 2.28. The average Bonchev–Trinajstić information content (AvgIpc) is 3.23. The number of aliphatic hydroxyl groups is 2. The number of hydrogen-bond acceptors (Lipinski definition) is 9. The third-order valence-corrected chi connectivity index (χ3v) is 7.77. The van der Waals surface area contributed by atoms with Gasteiger partial charge in [-0.05, 0) is 57.1 Å². The zero-order chi connectivity index (χ0) is 27.9. The normalized spacial score (nSPS) is 20.6. The fourth-order valence-corrected chi connectivity index (χ4v) is 5.39. The molecule has 208 valence electrons. The molecule has 6 rings (SSSR count). The Labute approximate surface area is 232 Å². The Kier molecular flexibility index (Phi) is 6.87. The van der Waals surface area contributed by atoms with Gasteiger partial charge in [0.05, 0.1) is 18.8 Å². The number of rotatable bonds is 4. The Morgan fingerprint density at radius 2 is 1.90 bits per heavy atom. The summed E-state index contributed by atoms with van der Waals surface area (Å²) in [5.41, 5.74) is 2.20. The second-order valence-electron chi connectivity index (χ2n) is 10.7. The van der Waals surface area contributed by atoms with E-state index >= 15 is 0 Å². The van der Waals surface area contributed by atoms with Crippen molar-refractivity contribution >= 4 is 28.4 Å². The smallest absolute Gasteiger partial charge is 0.278 e. The van der Waals surface area contributed by atoms with E-state index in [0.717, 1.165) is 43.1 Å². The Hall–Kier alpha value is -4.06. The fourth-order valence-electron chi connectivity index (χ4n) is 5.39. The van der Waals surface area contributed by atoms with Gasteiger partial charge in [-0.1, -0.05) is 18.2 Å². The largest absolute Gasteiger partial charge is 0.392 e. The third-order valence-electron chi connectivity index (χ3n) is 7.77. The van der Waals surface area contributed by atoms with E-state index in [0.29, 0.717) is 47.9 Å². The molecular weight excluding hydrogens is 508 g/mol. The standard InChI is InChI=1S/C29H34N8O3/c1-29(40)11-4-3-5-12-36-27(39)22-18-30-28(33-26(22)37(36)25-8-6-7-24(29)32-25)31-21-9-10-23(20(17-21)19-38)35-15-13-34(2)14-16-35/h3,5-10,17-18,38,40H,4,11-16,19H2,1-2H3,(H,30,31,33)/b5-3-/t29-/m0/s1. The van der Waals surface area contributed by atoms with Gasteiger partial charge in [0, 0.05) is 49.3 Å². The SMILES string of the molecule is CN1CCN(c2ccc(Nc3ncc4c(=O)n5n(c4n3)-c3cccc(n3)[C@@](C)(O)CC/C=C\C5)cc2CO)CC1. The lowest BCUT2D eigenvalue weighted by atomic mass is 9.95. The lowest BCUT2D eigenvalue weighted by molar-refractivity contribution is 0.0443. The first kappa shape index (κ1) is 26.2. The number of anilines is 3. The highest BCUT2D eigenvalue weighted by atomic mass is 16.3. The molecule has 11 nitrogen and oxygen atoms in total. The van der Waals surface area contributed by atoms with Crippen LogP contribution in [0.3, 0.4) is 0 Å². The molecule has 0 unspecified atom stereocenters. The first-order chi connectivity index (χ1) is 19.3. The van der Waals surface area contributed by atoms with Crippen LogP contribution in [-0.4, -0.2) is 72.7 Å². The van der Waals surface area contributed by atoms with Gasteiger partial charge in [0.25, 0.3) is 5.56 Å². The van der Waals surface area contributed by atoms with E-state index < -0.39 is 5.60 Å². The summed E-state index contributed by atoms with van der Waals surface area (Å²) in [6.45, 7) is 5.77. The Morgan fingerprint density at radius 1 is 1.07 bits per heavy atom. The van der Waals surface area contributed by atoms with Crippen LogP contribution in [0.5, 0.6) is 0 Å². The second kappa shape index (κ2) is 10.5. The lowest BCUT2D eigenvalue weighted by Gasteiger charge is -2.35. The first-order valence-electron chi connectivity index (χ1n) is 13.6. The predicted octanol–water partition coefficient (Wildman–Crippen LogP) is 2.52. The summed E-state index contributed by atoms with van der Waals surface area (Å²) < 4.78 is 3.27. The molecule has 1 fully saturated rings. The third kappa shape index (κ3) is 4.87. The molecule has 2 aliphatic rings. The number of fused-ring (bicyclic) bond motifs is 6. The topological polar surface area (TPSA) is 125 Å². The van der Waals surface area contributed by atoms with Crippen molar-refractivity contribution in [3.63, 3.8) is 0 Å². The van der Waals surface area contributed by atoms with Gasteiger partial charge in [-0.15, -0.1) is 0 Å². The van der Waals surface area contributed by atoms with Crippen LogP contribution in [0.4, 0.5) is 17.3 Å². The van der Waals surface area contributed by atoms with Gasteiger partial charge >= 0.3 is 0 Å². The highest BCUT2D eigenvalue weighted by Gasteiger charge is 2.26. The van der Waals surface area contributed by atoms with Crippen molar-refractivity contribution in [3.8, 4) is 5.82 Å². The number of aromatic nitrogens is 5. The van der Waals surface area contributed by atoms with Crippen molar-refractivity contribution < 1.29 is 10.2 Å². The van der Waals surface area contributed by atoms with E-state index in [1.807, 2.05) is 36.4 Å². The molecule has 5 heterocycles. The minimum atomic E-state index is -1.11. The predicted molar refractivity (Wildman–Crippen MR) is 154 cm³/mol. The maximum atomic E-state index is 13.4. The maximum Gasteiger partial charge on any atom is 0.278 e. The molecule has 4 aromatic rings. The van der Waals surface area contributed by atoms with Crippen molar-refractivity contribution in [1.29, 1.82) is 0 Å². The molecule has 0 radical (unpaired) electrons. The Balaban J connectivity index is 1.39. The summed E-state index contributed by atoms with van der Waals surface area (Å²) in [5.74, 6) is 0.807. The minimum Gasteiger partial charge on any atom is -0.392 e. The summed E-state index contributed by atoms with van der Waals surface area (Å²) in [6.07, 6.45) is 6.60. The van der Waals surface area contributed by atoms with Crippen LogP contribution in [0.25, 0.3) is 16.9 Å². The van der Waals surface area contributed by atoms with Crippen molar-refractivity contribution in [2.75, 3.05) is 43.4 Å². The molecule has 2 bridgehead atoms. The molecule has 0 saturated carbocycles. The van der Waals surface area contributed by atoms with E-state index in [-0.39, 0.29) is 12.2 Å². The summed E-state index contributed by atoms with van der Waals surface area (Å²) >= 11 is 0. The first-order valence-corrected chi connectivity index (χ1v) is 13.6. The number of piperazine rings is 1. The number of benzene rings is 1. The molecule has 0 amide bonds. The Bertz CT molecular complexity index is 1630. The van der Waals surface area contributed by atoms with Gasteiger partial charge < -0.3 is 25.3 Å². The van der Waals surface area contributed by atoms with E-state index in [9.17, 15) is 15.0 Å². The minimum absolute atomic E-state index is 0.0845. The monoisotopic (exact) mass is 542 g/mol. The van der Waals surface area contributed by atoms with Crippen LogP contribution in [-0.2, 0) is 18.8 Å². The highest BCUT2D eigenvalue weighted by molar-refractivity contribution is 5.77. The molecule has 0 spiro atoms. The molecule has 11 heteroatoms. The van der Waals surface area contributed by atoms with Gasteiger partial charge in [-0.25, -0.2) is 19.3 Å². The number of nitrogens with zero attached hydrogens (tertiary/aromatic N) is 7. The molecule has 3 aromatic heterocycles. The summed E-state index contributed by atoms with van der Waals surface area (Å²) in [6, 6.07) is 11.3. The number of pyridine rings is 1. The van der Waals surface area contributed by atoms with Gasteiger partial charge in [-0.3, -0.25) is 4.79 Å². The van der Waals surface area contributed by atoms with Crippen molar-refractivity contribution in [1.82, 2.24) is 29.2 Å². The van der Waals surface area contributed by atoms with Crippen molar-refractivity contribution in [2.24, 2.45) is 0 Å². The van der Waals surface area contributed by atoms with Gasteiger partial charge in [0.2, 0.25) is 5.95 Å². The lowest BCUT2D eigenvalue weighted by Crippen LogP contribution is -2.44. The summed E-state index contributed by atoms with van der Waals surface area (Å²) in [7, 11) is 2.12. The fraction of sp³-hybridized carbons (Fsp3) is 0.379. The zero-order valence-electron chi connectivity index (χ0n) is 22.8. The zero-order valence-corrected chi connectivity index (χ0v) is 22.8. The van der Waals surface area contributed by atoms with E-state index in [4.69, 9.17) is 9.97 Å². The van der Waals surface area contributed by atoms with Crippen LogP contribution in [0.2, 0.25) is 0 Å². The molecular formula is C29H34N8O3. The van der Waals surface area contributed by atoms with Crippen molar-refractivity contribution in [3.05, 3.63) is 76.4 Å². The van der Waals surface area contributed by atoms with E-state index in [1.165, 1.54) is 6.20 Å². The Morgan fingerprint density at radius 3 is 2.70 bits per heavy atom.